The van der Waals surface area contributed by atoms with Gasteiger partial charge in [-0.25, -0.2) is 4.98 Å². The van der Waals surface area contributed by atoms with Crippen LogP contribution in [-0.2, 0) is 23.9 Å². The maximum Gasteiger partial charge on any atom is 0.416 e. The van der Waals surface area contributed by atoms with E-state index < -0.39 is 11.7 Å². The molecule has 8 heteroatoms. The maximum atomic E-state index is 13.0. The van der Waals surface area contributed by atoms with Gasteiger partial charge in [-0.15, -0.1) is 0 Å². The van der Waals surface area contributed by atoms with Crippen molar-refractivity contribution in [2.75, 3.05) is 0 Å². The molecule has 2 atom stereocenters. The molecule has 1 aliphatic carbocycles. The first-order valence-electron chi connectivity index (χ1n) is 13.8. The lowest BCUT2D eigenvalue weighted by atomic mass is 9.86. The topological polar surface area (TPSA) is 78.9 Å². The van der Waals surface area contributed by atoms with Crippen molar-refractivity contribution in [1.82, 2.24) is 10.3 Å². The molecule has 1 aromatic heterocycles. The Bertz CT molecular complexity index is 1720. The third-order valence-electron chi connectivity index (χ3n) is 7.46. The van der Waals surface area contributed by atoms with Crippen LogP contribution in [0.1, 0.15) is 71.9 Å². The number of allylic oxidation sites excluding steroid dienone is 2. The van der Waals surface area contributed by atoms with Crippen LogP contribution in [0.4, 0.5) is 13.2 Å². The molecule has 2 unspecified atom stereocenters. The second-order valence-electron chi connectivity index (χ2n) is 11.0. The highest BCUT2D eigenvalue weighted by Gasteiger charge is 2.30. The number of nitriles is 1. The number of alkyl halides is 3. The zero-order valence-electron chi connectivity index (χ0n) is 23.5. The highest BCUT2D eigenvalue weighted by molar-refractivity contribution is 5.96. The van der Waals surface area contributed by atoms with Gasteiger partial charge in [0.05, 0.1) is 23.1 Å². The van der Waals surface area contributed by atoms with Crippen LogP contribution in [0.5, 0.6) is 0 Å². The highest BCUT2D eigenvalue weighted by atomic mass is 19.4. The third kappa shape index (κ3) is 6.31. The minimum absolute atomic E-state index is 0.0446. The van der Waals surface area contributed by atoms with Gasteiger partial charge in [-0.3, -0.25) is 4.79 Å². The summed E-state index contributed by atoms with van der Waals surface area (Å²) < 4.78 is 45.2. The summed E-state index contributed by atoms with van der Waals surface area (Å²) in [5, 5.41) is 12.3. The molecule has 0 bridgehead atoms. The molecule has 214 valence electrons. The fourth-order valence-corrected chi connectivity index (χ4v) is 5.15. The van der Waals surface area contributed by atoms with E-state index in [9.17, 15) is 23.2 Å². The number of nitrogens with one attached hydrogen (secondary N) is 1. The molecule has 5 nitrogen and oxygen atoms in total. The molecule has 1 amide bonds. The number of amides is 1. The van der Waals surface area contributed by atoms with Crippen LogP contribution < -0.4 is 5.32 Å². The summed E-state index contributed by atoms with van der Waals surface area (Å²) in [5.41, 5.74) is 5.06. The number of benzene rings is 3. The fraction of sp³-hybridized carbons (Fsp3) is 0.265. The quantitative estimate of drug-likeness (QED) is 0.245. The second kappa shape index (κ2) is 11.7. The summed E-state index contributed by atoms with van der Waals surface area (Å²) in [6, 6.07) is 18.5. The van der Waals surface area contributed by atoms with Gasteiger partial charge in [0, 0.05) is 17.7 Å². The largest absolute Gasteiger partial charge is 0.440 e. The van der Waals surface area contributed by atoms with Gasteiger partial charge in [-0.2, -0.15) is 18.4 Å². The van der Waals surface area contributed by atoms with Crippen molar-refractivity contribution in [1.29, 1.82) is 5.26 Å². The molecule has 0 radical (unpaired) electrons. The normalized spacial score (nSPS) is 16.9. The molecule has 5 rings (SSSR count). The van der Waals surface area contributed by atoms with Gasteiger partial charge in [-0.1, -0.05) is 81.5 Å². The lowest BCUT2D eigenvalue weighted by Crippen LogP contribution is -2.25. The molecule has 0 aliphatic heterocycles. The average molecular weight is 570 g/mol. The van der Waals surface area contributed by atoms with Gasteiger partial charge < -0.3 is 9.73 Å². The number of carbonyl (C=O) groups excluding carboxylic acids is 1. The molecule has 4 aromatic rings. The highest BCUT2D eigenvalue weighted by Crippen LogP contribution is 2.36. The molecule has 0 saturated heterocycles. The van der Waals surface area contributed by atoms with E-state index in [4.69, 9.17) is 4.42 Å². The zero-order chi connectivity index (χ0) is 30.0. The minimum atomic E-state index is -4.37. The van der Waals surface area contributed by atoms with E-state index >= 15 is 0 Å². The second-order valence-corrected chi connectivity index (χ2v) is 11.0. The molecular formula is C34H30F3N3O2. The summed E-state index contributed by atoms with van der Waals surface area (Å²) in [6.45, 7) is 6.41. The Morgan fingerprint density at radius 1 is 1.07 bits per heavy atom. The number of nitrogens with zero attached hydrogens (tertiary/aromatic N) is 2. The van der Waals surface area contributed by atoms with E-state index in [0.29, 0.717) is 46.7 Å². The number of halogens is 3. The van der Waals surface area contributed by atoms with E-state index in [1.54, 1.807) is 18.2 Å². The number of hydrogen-bond donors (Lipinski definition) is 1. The minimum Gasteiger partial charge on any atom is -0.440 e. The molecule has 1 heterocycles. The Hall–Kier alpha value is -4.64. The van der Waals surface area contributed by atoms with E-state index in [-0.39, 0.29) is 23.7 Å². The molecule has 42 heavy (non-hydrogen) atoms. The summed E-state index contributed by atoms with van der Waals surface area (Å²) in [6.07, 6.45) is 1.61. The van der Waals surface area contributed by atoms with Gasteiger partial charge in [0.1, 0.15) is 5.52 Å². The van der Waals surface area contributed by atoms with Crippen LogP contribution in [0.3, 0.4) is 0 Å². The number of oxazole rings is 1. The van der Waals surface area contributed by atoms with E-state index in [1.807, 2.05) is 63.3 Å². The first-order valence-corrected chi connectivity index (χ1v) is 13.8. The van der Waals surface area contributed by atoms with Crippen molar-refractivity contribution in [3.05, 3.63) is 124 Å². The molecule has 0 spiro atoms. The van der Waals surface area contributed by atoms with E-state index in [2.05, 4.69) is 16.4 Å². The summed E-state index contributed by atoms with van der Waals surface area (Å²) in [4.78, 5) is 17.6. The predicted molar refractivity (Wildman–Crippen MR) is 154 cm³/mol. The van der Waals surface area contributed by atoms with Crippen LogP contribution in [0.2, 0.25) is 0 Å². The Balaban J connectivity index is 1.21. The molecule has 0 saturated carbocycles. The van der Waals surface area contributed by atoms with Crippen LogP contribution in [0.25, 0.3) is 11.1 Å². The number of fused-ring (bicyclic) bond motifs is 1. The van der Waals surface area contributed by atoms with Crippen molar-refractivity contribution in [3.8, 4) is 6.07 Å². The number of hydrogen-bond acceptors (Lipinski definition) is 4. The van der Waals surface area contributed by atoms with Gasteiger partial charge in [-0.05, 0) is 53.1 Å². The Morgan fingerprint density at radius 3 is 2.48 bits per heavy atom. The summed E-state index contributed by atoms with van der Waals surface area (Å²) in [7, 11) is 0. The number of carbonyl (C=O) groups is 1. The van der Waals surface area contributed by atoms with Crippen molar-refractivity contribution in [2.45, 2.75) is 51.7 Å². The fourth-order valence-electron chi connectivity index (χ4n) is 5.15. The van der Waals surface area contributed by atoms with Crippen LogP contribution in [0.15, 0.2) is 88.9 Å². The van der Waals surface area contributed by atoms with Gasteiger partial charge >= 0.3 is 6.18 Å². The van der Waals surface area contributed by atoms with Crippen LogP contribution in [0, 0.1) is 17.2 Å². The Kier molecular flexibility index (Phi) is 8.04. The lowest BCUT2D eigenvalue weighted by molar-refractivity contribution is -0.137. The summed E-state index contributed by atoms with van der Waals surface area (Å²) >= 11 is 0. The van der Waals surface area contributed by atoms with Gasteiger partial charge in [0.2, 0.25) is 5.89 Å². The zero-order valence-corrected chi connectivity index (χ0v) is 23.5. The van der Waals surface area contributed by atoms with Gasteiger partial charge in [0.15, 0.2) is 5.58 Å². The molecule has 0 fully saturated rings. The number of rotatable bonds is 7. The van der Waals surface area contributed by atoms with Gasteiger partial charge in [0.25, 0.3) is 5.91 Å². The van der Waals surface area contributed by atoms with E-state index in [1.165, 1.54) is 12.1 Å². The maximum absolute atomic E-state index is 13.0. The SMILES string of the molecule is CC(C)c1cc(C#N)cc2nc(C3C=CC(C(=O)NCc4ccc(Cc5cccc(C(F)(F)F)c5)cc4)=CC3C)oc12. The Morgan fingerprint density at radius 2 is 1.81 bits per heavy atom. The lowest BCUT2D eigenvalue weighted by Gasteiger charge is -2.20. The number of aromatic nitrogens is 1. The molecular weight excluding hydrogens is 539 g/mol. The Labute approximate surface area is 242 Å². The third-order valence-corrected chi connectivity index (χ3v) is 7.46. The standard InChI is InChI=1S/C34H30F3N3O2/c1-20(2)29-16-25(18-38)17-30-31(29)42-33(40-30)28-12-11-26(13-21(28)3)32(41)39-19-23-9-7-22(8-10-23)14-24-5-4-6-27(15-24)34(35,36)37/h4-13,15-17,20-21,28H,14,19H2,1-3H3,(H,39,41). The average Bonchev–Trinajstić information content (AvgIpc) is 3.39. The van der Waals surface area contributed by atoms with Crippen molar-refractivity contribution >= 4 is 17.0 Å². The first-order chi connectivity index (χ1) is 20.0. The van der Waals surface area contributed by atoms with Crippen molar-refractivity contribution in [2.24, 2.45) is 5.92 Å². The van der Waals surface area contributed by atoms with E-state index in [0.717, 1.165) is 22.8 Å². The first kappa shape index (κ1) is 28.9. The van der Waals surface area contributed by atoms with Crippen LogP contribution >= 0.6 is 0 Å². The summed E-state index contributed by atoms with van der Waals surface area (Å²) in [5.74, 6) is 0.318. The van der Waals surface area contributed by atoms with Crippen LogP contribution in [-0.4, -0.2) is 10.9 Å². The van der Waals surface area contributed by atoms with Crippen molar-refractivity contribution < 1.29 is 22.4 Å². The molecule has 1 aliphatic rings. The smallest absolute Gasteiger partial charge is 0.416 e. The molecule has 3 aromatic carbocycles. The molecule has 1 N–H and O–H groups in total. The predicted octanol–water partition coefficient (Wildman–Crippen LogP) is 7.96. The monoisotopic (exact) mass is 569 g/mol. The van der Waals surface area contributed by atoms with Crippen molar-refractivity contribution in [3.63, 3.8) is 0 Å².